The van der Waals surface area contributed by atoms with E-state index in [-0.39, 0.29) is 11.4 Å². The van der Waals surface area contributed by atoms with Gasteiger partial charge in [0.05, 0.1) is 11.0 Å². The smallest absolute Gasteiger partial charge is 0.410 e. The van der Waals surface area contributed by atoms with E-state index in [9.17, 15) is 14.9 Å². The van der Waals surface area contributed by atoms with Gasteiger partial charge in [0.2, 0.25) is 0 Å². The molecule has 1 rings (SSSR count). The number of hydrogen-bond donors (Lipinski definition) is 1. The predicted octanol–water partition coefficient (Wildman–Crippen LogP) is 2.79. The molecule has 0 radical (unpaired) electrons. The van der Waals surface area contributed by atoms with E-state index in [0.29, 0.717) is 5.56 Å². The second kappa shape index (κ2) is 5.03. The van der Waals surface area contributed by atoms with Crippen LogP contribution in [0.2, 0.25) is 0 Å². The third kappa shape index (κ3) is 4.40. The van der Waals surface area contributed by atoms with Crippen molar-refractivity contribution in [2.75, 3.05) is 0 Å². The molecule has 1 aromatic carbocycles. The first-order valence-corrected chi connectivity index (χ1v) is 5.43. The highest BCUT2D eigenvalue weighted by atomic mass is 16.6. The number of amides is 1. The molecule has 1 aromatic rings. The second-order valence-electron chi connectivity index (χ2n) is 5.03. The molecule has 0 heterocycles. The Balaban J connectivity index is 2.85. The van der Waals surface area contributed by atoms with Crippen LogP contribution in [0.15, 0.2) is 18.2 Å². The molecule has 0 bridgehead atoms. The minimum atomic E-state index is -0.637. The molecule has 0 atom stereocenters. The molecule has 0 fully saturated rings. The fourth-order valence-corrected chi connectivity index (χ4v) is 1.33. The van der Waals surface area contributed by atoms with E-state index >= 15 is 0 Å². The van der Waals surface area contributed by atoms with Gasteiger partial charge in [0, 0.05) is 11.6 Å². The number of nitrogens with one attached hydrogen (secondary N) is 1. The summed E-state index contributed by atoms with van der Waals surface area (Å²) in [6.07, 6.45) is -0.637. The molecule has 0 aliphatic carbocycles. The van der Waals surface area contributed by atoms with Crippen LogP contribution in [-0.2, 0) is 0 Å². The number of rotatable bonds is 2. The van der Waals surface area contributed by atoms with Crippen molar-refractivity contribution >= 4 is 11.8 Å². The van der Waals surface area contributed by atoms with Crippen molar-refractivity contribution in [2.45, 2.75) is 33.2 Å². The first-order chi connectivity index (χ1) is 8.17. The van der Waals surface area contributed by atoms with Crippen molar-refractivity contribution in [3.05, 3.63) is 33.9 Å². The van der Waals surface area contributed by atoms with E-state index in [2.05, 4.69) is 5.32 Å². The number of ether oxygens (including phenoxy) is 1. The van der Waals surface area contributed by atoms with E-state index in [1.54, 1.807) is 13.0 Å². The van der Waals surface area contributed by atoms with Gasteiger partial charge in [-0.2, -0.15) is 0 Å². The number of nitro groups is 1. The van der Waals surface area contributed by atoms with E-state index in [0.717, 1.165) is 0 Å². The van der Waals surface area contributed by atoms with Gasteiger partial charge in [-0.05, 0) is 39.3 Å². The van der Waals surface area contributed by atoms with Crippen molar-refractivity contribution in [1.29, 1.82) is 0 Å². The highest BCUT2D eigenvalue weighted by Gasteiger charge is 2.16. The Hall–Kier alpha value is -2.11. The average molecular weight is 252 g/mol. The van der Waals surface area contributed by atoms with Crippen LogP contribution in [-0.4, -0.2) is 16.6 Å². The summed E-state index contributed by atoms with van der Waals surface area (Å²) in [6.45, 7) is 7.13. The number of hydrogen-bond acceptors (Lipinski definition) is 4. The number of carbonyl (C=O) groups is 1. The molecule has 0 saturated heterocycles. The largest absolute Gasteiger partial charge is 0.413 e. The molecule has 0 aromatic heterocycles. The molecule has 6 nitrogen and oxygen atoms in total. The monoisotopic (exact) mass is 252 g/mol. The number of aryl methyl sites for hydroxylation is 1. The molecule has 0 aliphatic heterocycles. The lowest BCUT2D eigenvalue weighted by Gasteiger charge is -2.19. The Morgan fingerprint density at radius 2 is 1.94 bits per heavy atom. The van der Waals surface area contributed by atoms with Crippen molar-refractivity contribution in [3.8, 4) is 5.75 Å². The number of carbonyl (C=O) groups excluding carboxylic acids is 1. The Labute approximate surface area is 105 Å². The Bertz CT molecular complexity index is 477. The highest BCUT2D eigenvalue weighted by molar-refractivity contribution is 5.71. The molecule has 98 valence electrons. The zero-order chi connectivity index (χ0) is 13.9. The van der Waals surface area contributed by atoms with Crippen LogP contribution in [0, 0.1) is 17.0 Å². The van der Waals surface area contributed by atoms with Gasteiger partial charge >= 0.3 is 6.09 Å². The standard InChI is InChI=1S/C12H16N2O4/c1-8-5-9(14(16)17)7-10(6-8)18-11(15)13-12(2,3)4/h5-7H,1-4H3,(H,13,15). The third-order valence-electron chi connectivity index (χ3n) is 1.93. The molecule has 0 saturated carbocycles. The fourth-order valence-electron chi connectivity index (χ4n) is 1.33. The summed E-state index contributed by atoms with van der Waals surface area (Å²) in [5, 5.41) is 13.3. The molecule has 1 N–H and O–H groups in total. The van der Waals surface area contributed by atoms with E-state index in [4.69, 9.17) is 4.74 Å². The van der Waals surface area contributed by atoms with Crippen molar-refractivity contribution in [2.24, 2.45) is 0 Å². The maximum atomic E-state index is 11.5. The van der Waals surface area contributed by atoms with Crippen molar-refractivity contribution in [1.82, 2.24) is 5.32 Å². The van der Waals surface area contributed by atoms with Crippen molar-refractivity contribution in [3.63, 3.8) is 0 Å². The summed E-state index contributed by atoms with van der Waals surface area (Å²) >= 11 is 0. The molecular formula is C12H16N2O4. The molecular weight excluding hydrogens is 236 g/mol. The van der Waals surface area contributed by atoms with Gasteiger partial charge in [-0.3, -0.25) is 10.1 Å². The summed E-state index contributed by atoms with van der Waals surface area (Å²) in [5.74, 6) is 0.156. The average Bonchev–Trinajstić information content (AvgIpc) is 2.12. The number of non-ortho nitro benzene ring substituents is 1. The summed E-state index contributed by atoms with van der Waals surface area (Å²) in [5.41, 5.74) is 0.128. The van der Waals surface area contributed by atoms with E-state index in [1.165, 1.54) is 12.1 Å². The van der Waals surface area contributed by atoms with Gasteiger partial charge in [-0.1, -0.05) is 0 Å². The minimum Gasteiger partial charge on any atom is -0.410 e. The molecule has 0 aliphatic rings. The maximum Gasteiger partial charge on any atom is 0.413 e. The van der Waals surface area contributed by atoms with Crippen LogP contribution in [0.25, 0.3) is 0 Å². The summed E-state index contributed by atoms with van der Waals surface area (Å²) in [6, 6.07) is 4.19. The van der Waals surface area contributed by atoms with Gasteiger partial charge in [0.1, 0.15) is 5.75 Å². The lowest BCUT2D eigenvalue weighted by molar-refractivity contribution is -0.385. The van der Waals surface area contributed by atoms with Crippen LogP contribution >= 0.6 is 0 Å². The first kappa shape index (κ1) is 14.0. The summed E-state index contributed by atoms with van der Waals surface area (Å²) < 4.78 is 5.01. The highest BCUT2D eigenvalue weighted by Crippen LogP contribution is 2.22. The van der Waals surface area contributed by atoms with Gasteiger partial charge in [-0.15, -0.1) is 0 Å². The van der Waals surface area contributed by atoms with Crippen LogP contribution < -0.4 is 10.1 Å². The van der Waals surface area contributed by atoms with Crippen LogP contribution in [0.5, 0.6) is 5.75 Å². The van der Waals surface area contributed by atoms with Crippen molar-refractivity contribution < 1.29 is 14.5 Å². The Morgan fingerprint density at radius 1 is 1.33 bits per heavy atom. The Morgan fingerprint density at radius 3 is 2.44 bits per heavy atom. The quantitative estimate of drug-likeness (QED) is 0.648. The zero-order valence-electron chi connectivity index (χ0n) is 10.8. The zero-order valence-corrected chi connectivity index (χ0v) is 10.8. The van der Waals surface area contributed by atoms with Crippen LogP contribution in [0.4, 0.5) is 10.5 Å². The number of nitrogens with zero attached hydrogens (tertiary/aromatic N) is 1. The van der Waals surface area contributed by atoms with Crippen LogP contribution in [0.3, 0.4) is 0 Å². The molecule has 6 heteroatoms. The topological polar surface area (TPSA) is 81.5 Å². The predicted molar refractivity (Wildman–Crippen MR) is 66.7 cm³/mol. The minimum absolute atomic E-state index is 0.103. The summed E-state index contributed by atoms with van der Waals surface area (Å²) in [4.78, 5) is 21.7. The molecule has 0 spiro atoms. The Kier molecular flexibility index (Phi) is 3.90. The molecule has 18 heavy (non-hydrogen) atoms. The van der Waals surface area contributed by atoms with E-state index in [1.807, 2.05) is 20.8 Å². The molecule has 0 unspecified atom stereocenters. The van der Waals surface area contributed by atoms with Gasteiger partial charge < -0.3 is 10.1 Å². The lowest BCUT2D eigenvalue weighted by atomic mass is 10.1. The van der Waals surface area contributed by atoms with Gasteiger partial charge in [0.25, 0.3) is 5.69 Å². The van der Waals surface area contributed by atoms with E-state index < -0.39 is 16.6 Å². The van der Waals surface area contributed by atoms with Gasteiger partial charge in [0.15, 0.2) is 0 Å². The maximum absolute atomic E-state index is 11.5. The fraction of sp³-hybridized carbons (Fsp3) is 0.417. The van der Waals surface area contributed by atoms with Crippen LogP contribution in [0.1, 0.15) is 26.3 Å². The first-order valence-electron chi connectivity index (χ1n) is 5.43. The number of benzene rings is 1. The number of nitro benzene ring substituents is 1. The summed E-state index contributed by atoms with van der Waals surface area (Å²) in [7, 11) is 0. The molecule has 1 amide bonds. The third-order valence-corrected chi connectivity index (χ3v) is 1.93. The SMILES string of the molecule is Cc1cc(OC(=O)NC(C)(C)C)cc([N+](=O)[O-])c1. The second-order valence-corrected chi connectivity index (χ2v) is 5.03. The normalized spacial score (nSPS) is 10.9. The lowest BCUT2D eigenvalue weighted by Crippen LogP contribution is -2.42. The van der Waals surface area contributed by atoms with Gasteiger partial charge in [-0.25, -0.2) is 4.79 Å².